The summed E-state index contributed by atoms with van der Waals surface area (Å²) in [6.07, 6.45) is 0.903. The van der Waals surface area contributed by atoms with Crippen LogP contribution in [0.4, 0.5) is 0 Å². The molecule has 1 aromatic rings. The van der Waals surface area contributed by atoms with E-state index in [2.05, 4.69) is 0 Å². The number of rotatable bonds is 17. The summed E-state index contributed by atoms with van der Waals surface area (Å²) in [5.41, 5.74) is 0.874. The van der Waals surface area contributed by atoms with Gasteiger partial charge in [-0.1, -0.05) is 64.4 Å². The minimum atomic E-state index is -0.971. The molecular formula is C33H52N2O8. The summed E-state index contributed by atoms with van der Waals surface area (Å²) >= 11 is 0. The van der Waals surface area contributed by atoms with Gasteiger partial charge in [0.1, 0.15) is 6.61 Å². The lowest BCUT2D eigenvalue weighted by Gasteiger charge is -2.40. The minimum absolute atomic E-state index is 0.00215. The first-order valence-electron chi connectivity index (χ1n) is 15.4. The highest BCUT2D eigenvalue weighted by molar-refractivity contribution is 5.84. The standard InChI is InChI=1S/C33H52N2O8/c1-9-22(4)30(27(41-7)19-28(36)35-17-13-16-26(35)31(42-8)23(5)33(39)40)34(6)32(38)25(21(2)3)18-29(37)43-20-24-14-11-10-12-15-24/h10-12,14-15,21-23,25-27,30-31H,9,13,16-20H2,1-8H3,(H,39,40)/t22-,23+,25-,26-,27+,30-,31+/m0/s1. The third kappa shape index (κ3) is 9.76. The lowest BCUT2D eigenvalue weighted by Crippen LogP contribution is -2.54. The van der Waals surface area contributed by atoms with E-state index in [0.29, 0.717) is 13.0 Å². The molecule has 1 N–H and O–H groups in total. The third-order valence-electron chi connectivity index (χ3n) is 8.99. The lowest BCUT2D eigenvalue weighted by molar-refractivity contribution is -0.154. The van der Waals surface area contributed by atoms with Gasteiger partial charge < -0.3 is 29.1 Å². The quantitative estimate of drug-likeness (QED) is 0.260. The summed E-state index contributed by atoms with van der Waals surface area (Å²) in [6.45, 7) is 10.1. The van der Waals surface area contributed by atoms with Gasteiger partial charge >= 0.3 is 11.9 Å². The SMILES string of the molecule is CC[C@H](C)[C@@H]([C@@H](CC(=O)N1CCC[C@H]1[C@H](OC)[C@@H](C)C(=O)O)OC)N(C)C(=O)[C@@H](CC(=O)OCc1ccccc1)C(C)C. The average molecular weight is 605 g/mol. The molecule has 0 aromatic heterocycles. The van der Waals surface area contributed by atoms with E-state index < -0.39 is 42.0 Å². The predicted octanol–water partition coefficient (Wildman–Crippen LogP) is 4.40. The predicted molar refractivity (Wildman–Crippen MR) is 163 cm³/mol. The number of carboxylic acids is 1. The maximum absolute atomic E-state index is 13.9. The monoisotopic (exact) mass is 604 g/mol. The Morgan fingerprint density at radius 1 is 1.02 bits per heavy atom. The number of hydrogen-bond donors (Lipinski definition) is 1. The summed E-state index contributed by atoms with van der Waals surface area (Å²) in [7, 11) is 4.73. The van der Waals surface area contributed by atoms with Crippen LogP contribution in [0.15, 0.2) is 30.3 Å². The van der Waals surface area contributed by atoms with Crippen molar-refractivity contribution in [2.24, 2.45) is 23.7 Å². The van der Waals surface area contributed by atoms with Crippen LogP contribution in [0.25, 0.3) is 0 Å². The van der Waals surface area contributed by atoms with Gasteiger partial charge in [-0.2, -0.15) is 0 Å². The van der Waals surface area contributed by atoms with Crippen LogP contribution in [0, 0.1) is 23.7 Å². The third-order valence-corrected chi connectivity index (χ3v) is 8.99. The van der Waals surface area contributed by atoms with Crippen LogP contribution in [0.1, 0.15) is 72.3 Å². The van der Waals surface area contributed by atoms with E-state index in [-0.39, 0.29) is 49.1 Å². The molecule has 10 heteroatoms. The molecule has 1 aromatic carbocycles. The molecule has 2 rings (SSSR count). The molecular weight excluding hydrogens is 552 g/mol. The number of carbonyl (C=O) groups is 4. The molecule has 43 heavy (non-hydrogen) atoms. The molecule has 2 amide bonds. The summed E-state index contributed by atoms with van der Waals surface area (Å²) in [5, 5.41) is 9.58. The van der Waals surface area contributed by atoms with Crippen LogP contribution in [-0.2, 0) is 40.0 Å². The molecule has 0 saturated carbocycles. The minimum Gasteiger partial charge on any atom is -0.481 e. The number of carbonyl (C=O) groups excluding carboxylic acids is 3. The zero-order valence-corrected chi connectivity index (χ0v) is 27.2. The molecule has 0 aliphatic carbocycles. The van der Waals surface area contributed by atoms with Gasteiger partial charge in [0.2, 0.25) is 11.8 Å². The van der Waals surface area contributed by atoms with Crippen LogP contribution in [0.5, 0.6) is 0 Å². The molecule has 1 heterocycles. The fourth-order valence-electron chi connectivity index (χ4n) is 6.14. The molecule has 0 spiro atoms. The van der Waals surface area contributed by atoms with Crippen LogP contribution in [0.2, 0.25) is 0 Å². The van der Waals surface area contributed by atoms with Crippen molar-refractivity contribution in [3.05, 3.63) is 35.9 Å². The van der Waals surface area contributed by atoms with E-state index in [0.717, 1.165) is 18.4 Å². The Morgan fingerprint density at radius 2 is 1.67 bits per heavy atom. The molecule has 242 valence electrons. The van der Waals surface area contributed by atoms with Gasteiger partial charge in [0, 0.05) is 27.8 Å². The van der Waals surface area contributed by atoms with Crippen molar-refractivity contribution in [2.45, 2.75) is 97.6 Å². The van der Waals surface area contributed by atoms with Crippen molar-refractivity contribution >= 4 is 23.8 Å². The average Bonchev–Trinajstić information content (AvgIpc) is 3.48. The van der Waals surface area contributed by atoms with E-state index in [1.807, 2.05) is 58.0 Å². The fraction of sp³-hybridized carbons (Fsp3) is 0.697. The van der Waals surface area contributed by atoms with Crippen LogP contribution in [-0.4, -0.2) is 90.8 Å². The Kier molecular flexibility index (Phi) is 14.6. The number of methoxy groups -OCH3 is 2. The van der Waals surface area contributed by atoms with E-state index in [4.69, 9.17) is 14.2 Å². The van der Waals surface area contributed by atoms with Crippen molar-refractivity contribution in [2.75, 3.05) is 27.8 Å². The molecule has 0 bridgehead atoms. The second-order valence-electron chi connectivity index (χ2n) is 12.1. The Morgan fingerprint density at radius 3 is 2.21 bits per heavy atom. The van der Waals surface area contributed by atoms with E-state index in [9.17, 15) is 24.3 Å². The van der Waals surface area contributed by atoms with Gasteiger partial charge in [-0.15, -0.1) is 0 Å². The number of nitrogens with zero attached hydrogens (tertiary/aromatic N) is 2. The van der Waals surface area contributed by atoms with Crippen molar-refractivity contribution < 1.29 is 38.5 Å². The lowest BCUT2D eigenvalue weighted by atomic mass is 9.87. The van der Waals surface area contributed by atoms with Crippen LogP contribution >= 0.6 is 0 Å². The fourth-order valence-corrected chi connectivity index (χ4v) is 6.14. The molecule has 1 aliphatic heterocycles. The highest BCUT2D eigenvalue weighted by atomic mass is 16.5. The highest BCUT2D eigenvalue weighted by Crippen LogP contribution is 2.30. The normalized spacial score (nSPS) is 19.3. The van der Waals surface area contributed by atoms with Crippen LogP contribution in [0.3, 0.4) is 0 Å². The van der Waals surface area contributed by atoms with Gasteiger partial charge in [-0.3, -0.25) is 19.2 Å². The zero-order chi connectivity index (χ0) is 32.3. The second-order valence-corrected chi connectivity index (χ2v) is 12.1. The Labute approximate surface area is 257 Å². The molecule has 7 atom stereocenters. The molecule has 10 nitrogen and oxygen atoms in total. The van der Waals surface area contributed by atoms with E-state index >= 15 is 0 Å². The van der Waals surface area contributed by atoms with Crippen molar-refractivity contribution in [1.29, 1.82) is 0 Å². The first kappa shape index (κ1) is 36.2. The molecule has 0 unspecified atom stereocenters. The van der Waals surface area contributed by atoms with Gasteiger partial charge in [-0.05, 0) is 37.2 Å². The number of aliphatic carboxylic acids is 1. The topological polar surface area (TPSA) is 123 Å². The Bertz CT molecular complexity index is 1050. The number of carboxylic acid groups (broad SMARTS) is 1. The van der Waals surface area contributed by atoms with Gasteiger partial charge in [-0.25, -0.2) is 0 Å². The Balaban J connectivity index is 2.20. The van der Waals surface area contributed by atoms with Crippen molar-refractivity contribution in [3.8, 4) is 0 Å². The van der Waals surface area contributed by atoms with Gasteiger partial charge in [0.25, 0.3) is 0 Å². The zero-order valence-electron chi connectivity index (χ0n) is 27.2. The number of hydrogen-bond acceptors (Lipinski definition) is 7. The maximum Gasteiger partial charge on any atom is 0.308 e. The number of benzene rings is 1. The van der Waals surface area contributed by atoms with Crippen molar-refractivity contribution in [1.82, 2.24) is 9.80 Å². The largest absolute Gasteiger partial charge is 0.481 e. The second kappa shape index (κ2) is 17.3. The molecule has 0 radical (unpaired) electrons. The summed E-state index contributed by atoms with van der Waals surface area (Å²) in [5.74, 6) is -3.26. The highest BCUT2D eigenvalue weighted by Gasteiger charge is 2.42. The number of likely N-dealkylation sites (N-methyl/N-ethyl adjacent to an activating group) is 1. The summed E-state index contributed by atoms with van der Waals surface area (Å²) in [6, 6.07) is 8.62. The molecule has 1 saturated heterocycles. The first-order chi connectivity index (χ1) is 20.4. The smallest absolute Gasteiger partial charge is 0.308 e. The molecule has 1 aliphatic rings. The Hall–Kier alpha value is -2.98. The van der Waals surface area contributed by atoms with Gasteiger partial charge in [0.15, 0.2) is 0 Å². The number of ether oxygens (including phenoxy) is 3. The summed E-state index contributed by atoms with van der Waals surface area (Å²) < 4.78 is 16.9. The molecule has 1 fully saturated rings. The van der Waals surface area contributed by atoms with E-state index in [1.54, 1.807) is 30.9 Å². The number of likely N-dealkylation sites (tertiary alicyclic amines) is 1. The first-order valence-corrected chi connectivity index (χ1v) is 15.4. The maximum atomic E-state index is 13.9. The summed E-state index contributed by atoms with van der Waals surface area (Å²) in [4.78, 5) is 55.5. The number of amides is 2. The van der Waals surface area contributed by atoms with Crippen molar-refractivity contribution in [3.63, 3.8) is 0 Å². The van der Waals surface area contributed by atoms with E-state index in [1.165, 1.54) is 7.11 Å². The number of esters is 1. The van der Waals surface area contributed by atoms with Crippen LogP contribution < -0.4 is 0 Å². The van der Waals surface area contributed by atoms with Gasteiger partial charge in [0.05, 0.1) is 49.0 Å².